The molecule has 0 spiro atoms. The Labute approximate surface area is 137 Å². The fourth-order valence-electron chi connectivity index (χ4n) is 2.87. The maximum atomic E-state index is 9.66. The zero-order valence-corrected chi connectivity index (χ0v) is 13.4. The van der Waals surface area contributed by atoms with Crippen molar-refractivity contribution in [2.45, 2.75) is 19.9 Å². The maximum Gasteiger partial charge on any atom is 0.166 e. The first-order chi connectivity index (χ1) is 11.6. The maximum absolute atomic E-state index is 9.66. The zero-order valence-electron chi connectivity index (χ0n) is 13.4. The number of phenolic OH excluding ortho intramolecular Hbond substituents is 1. The topological polar surface area (TPSA) is 92.0 Å². The Morgan fingerprint density at radius 1 is 1.25 bits per heavy atom. The number of H-pyrrole nitrogens is 1. The molecule has 0 saturated carbocycles. The Morgan fingerprint density at radius 3 is 2.83 bits per heavy atom. The van der Waals surface area contributed by atoms with Gasteiger partial charge in [-0.2, -0.15) is 5.10 Å². The number of aromatic nitrogens is 5. The molecular formula is C17H16N6O. The van der Waals surface area contributed by atoms with E-state index < -0.39 is 0 Å². The molecule has 1 aromatic carbocycles. The van der Waals surface area contributed by atoms with Crippen LogP contribution in [0.3, 0.4) is 0 Å². The first-order valence-electron chi connectivity index (χ1n) is 7.60. The Bertz CT molecular complexity index is 1080. The van der Waals surface area contributed by atoms with Gasteiger partial charge in [0.25, 0.3) is 0 Å². The minimum absolute atomic E-state index is 0.141. The highest BCUT2D eigenvalue weighted by Gasteiger charge is 2.20. The Morgan fingerprint density at radius 2 is 2.08 bits per heavy atom. The first kappa shape index (κ1) is 14.4. The highest BCUT2D eigenvalue weighted by atomic mass is 16.3. The van der Waals surface area contributed by atoms with E-state index in [2.05, 4.69) is 26.7 Å². The van der Waals surface area contributed by atoms with E-state index in [0.29, 0.717) is 5.82 Å². The molecule has 0 aliphatic rings. The van der Waals surface area contributed by atoms with Gasteiger partial charge in [-0.15, -0.1) is 0 Å². The largest absolute Gasteiger partial charge is 0.508 e. The average Bonchev–Trinajstić information content (AvgIpc) is 3.14. The quantitative estimate of drug-likeness (QED) is 0.564. The molecule has 0 amide bonds. The van der Waals surface area contributed by atoms with E-state index in [1.807, 2.05) is 30.7 Å². The van der Waals surface area contributed by atoms with Crippen molar-refractivity contribution in [3.05, 3.63) is 30.6 Å². The van der Waals surface area contributed by atoms with E-state index in [1.54, 1.807) is 12.1 Å². The van der Waals surface area contributed by atoms with Crippen molar-refractivity contribution in [3.63, 3.8) is 0 Å². The van der Waals surface area contributed by atoms with Crippen LogP contribution in [-0.2, 0) is 0 Å². The Kier molecular flexibility index (Phi) is 3.09. The van der Waals surface area contributed by atoms with Crippen molar-refractivity contribution in [1.29, 1.82) is 0 Å². The number of aromatic hydroxyl groups is 1. The lowest BCUT2D eigenvalue weighted by molar-refractivity contribution is 0.476. The van der Waals surface area contributed by atoms with E-state index in [9.17, 15) is 5.11 Å². The van der Waals surface area contributed by atoms with Gasteiger partial charge in [0.05, 0.1) is 11.1 Å². The third kappa shape index (κ3) is 2.05. The molecule has 0 aliphatic carbocycles. The summed E-state index contributed by atoms with van der Waals surface area (Å²) in [5.41, 5.74) is 3.18. The third-order valence-corrected chi connectivity index (χ3v) is 3.97. The summed E-state index contributed by atoms with van der Waals surface area (Å²) in [6.45, 7) is 7.69. The van der Waals surface area contributed by atoms with Gasteiger partial charge >= 0.3 is 0 Å². The van der Waals surface area contributed by atoms with Gasteiger partial charge in [-0.05, 0) is 44.8 Å². The van der Waals surface area contributed by atoms with Gasteiger partial charge in [-0.1, -0.05) is 0 Å². The molecule has 0 fully saturated rings. The summed E-state index contributed by atoms with van der Waals surface area (Å²) in [5, 5.41) is 16.0. The molecule has 7 nitrogen and oxygen atoms in total. The van der Waals surface area contributed by atoms with Crippen LogP contribution in [0.5, 0.6) is 5.75 Å². The number of rotatable bonds is 3. The van der Waals surface area contributed by atoms with Crippen LogP contribution in [-0.4, -0.2) is 36.6 Å². The third-order valence-electron chi connectivity index (χ3n) is 3.97. The van der Waals surface area contributed by atoms with E-state index in [-0.39, 0.29) is 11.8 Å². The molecule has 0 saturated heterocycles. The normalized spacial score (nSPS) is 11.6. The number of hydrogen-bond donors (Lipinski definition) is 2. The van der Waals surface area contributed by atoms with E-state index in [4.69, 9.17) is 5.10 Å². The SMILES string of the molecule is C=Nc1ncnc2c1c(-c1cc3cc(O)ccc3[nH]1)nn2C(C)C. The molecular weight excluding hydrogens is 304 g/mol. The minimum Gasteiger partial charge on any atom is -0.508 e. The van der Waals surface area contributed by atoms with Crippen molar-refractivity contribution in [2.24, 2.45) is 4.99 Å². The highest BCUT2D eigenvalue weighted by molar-refractivity contribution is 6.00. The fraction of sp³-hybridized carbons (Fsp3) is 0.176. The summed E-state index contributed by atoms with van der Waals surface area (Å²) in [6.07, 6.45) is 1.47. The van der Waals surface area contributed by atoms with Gasteiger partial charge < -0.3 is 10.1 Å². The second-order valence-electron chi connectivity index (χ2n) is 5.90. The number of nitrogens with one attached hydrogen (secondary N) is 1. The van der Waals surface area contributed by atoms with E-state index in [1.165, 1.54) is 6.33 Å². The number of aliphatic imine (C=N–C) groups is 1. The van der Waals surface area contributed by atoms with Crippen molar-refractivity contribution in [1.82, 2.24) is 24.7 Å². The van der Waals surface area contributed by atoms with Crippen molar-refractivity contribution in [3.8, 4) is 17.1 Å². The van der Waals surface area contributed by atoms with Crippen molar-refractivity contribution >= 4 is 34.5 Å². The average molecular weight is 320 g/mol. The number of hydrogen-bond acceptors (Lipinski definition) is 5. The summed E-state index contributed by atoms with van der Waals surface area (Å²) in [7, 11) is 0. The van der Waals surface area contributed by atoms with Crippen molar-refractivity contribution in [2.75, 3.05) is 0 Å². The van der Waals surface area contributed by atoms with E-state index in [0.717, 1.165) is 33.3 Å². The molecule has 7 heteroatoms. The number of nitrogens with zero attached hydrogens (tertiary/aromatic N) is 5. The van der Waals surface area contributed by atoms with Crippen molar-refractivity contribution < 1.29 is 5.11 Å². The molecule has 120 valence electrons. The summed E-state index contributed by atoms with van der Waals surface area (Å²) >= 11 is 0. The van der Waals surface area contributed by atoms with E-state index >= 15 is 0 Å². The second-order valence-corrected chi connectivity index (χ2v) is 5.90. The second kappa shape index (κ2) is 5.16. The van der Waals surface area contributed by atoms with Gasteiger partial charge in [-0.3, -0.25) is 0 Å². The van der Waals surface area contributed by atoms with Crippen LogP contribution in [0.4, 0.5) is 5.82 Å². The molecule has 0 radical (unpaired) electrons. The number of benzene rings is 1. The molecule has 4 aromatic rings. The lowest BCUT2D eigenvalue weighted by Crippen LogP contribution is -2.03. The molecule has 0 aliphatic heterocycles. The molecule has 0 unspecified atom stereocenters. The van der Waals surface area contributed by atoms with Crippen LogP contribution in [0, 0.1) is 0 Å². The summed E-state index contributed by atoms with van der Waals surface area (Å²) in [6, 6.07) is 7.27. The summed E-state index contributed by atoms with van der Waals surface area (Å²) in [4.78, 5) is 15.9. The monoisotopic (exact) mass is 320 g/mol. The molecule has 3 heterocycles. The van der Waals surface area contributed by atoms with Gasteiger partial charge in [0, 0.05) is 16.9 Å². The van der Waals surface area contributed by atoms with Crippen LogP contribution >= 0.6 is 0 Å². The minimum atomic E-state index is 0.141. The molecule has 4 rings (SSSR count). The molecule has 2 N–H and O–H groups in total. The molecule has 0 bridgehead atoms. The summed E-state index contributed by atoms with van der Waals surface area (Å²) < 4.78 is 1.85. The number of fused-ring (bicyclic) bond motifs is 2. The first-order valence-corrected chi connectivity index (χ1v) is 7.60. The molecule has 3 aromatic heterocycles. The predicted octanol–water partition coefficient (Wildman–Crippen LogP) is 3.59. The number of aromatic amines is 1. The molecule has 0 atom stereocenters. The Balaban J connectivity index is 2.05. The van der Waals surface area contributed by atoms with Gasteiger partial charge in [-0.25, -0.2) is 19.6 Å². The lowest BCUT2D eigenvalue weighted by atomic mass is 10.2. The van der Waals surface area contributed by atoms with Gasteiger partial charge in [0.1, 0.15) is 17.8 Å². The fourth-order valence-corrected chi connectivity index (χ4v) is 2.87. The zero-order chi connectivity index (χ0) is 16.8. The van der Waals surface area contributed by atoms with Crippen LogP contribution in [0.25, 0.3) is 33.3 Å². The van der Waals surface area contributed by atoms with Gasteiger partial charge in [0.2, 0.25) is 0 Å². The molecule has 24 heavy (non-hydrogen) atoms. The number of phenols is 1. The Hall–Kier alpha value is -3.22. The van der Waals surface area contributed by atoms with Crippen LogP contribution < -0.4 is 0 Å². The van der Waals surface area contributed by atoms with Crippen LogP contribution in [0.2, 0.25) is 0 Å². The summed E-state index contributed by atoms with van der Waals surface area (Å²) in [5.74, 6) is 0.728. The smallest absolute Gasteiger partial charge is 0.166 e. The van der Waals surface area contributed by atoms with Crippen LogP contribution in [0.1, 0.15) is 19.9 Å². The lowest BCUT2D eigenvalue weighted by Gasteiger charge is -2.05. The highest BCUT2D eigenvalue weighted by Crippen LogP contribution is 2.35. The van der Waals surface area contributed by atoms with Gasteiger partial charge in [0.15, 0.2) is 11.5 Å². The standard InChI is InChI=1S/C17H16N6O/c1-9(2)23-17-14(16(18-3)19-8-20-17)15(22-23)13-7-10-6-11(24)4-5-12(10)21-13/h4-9,21,24H,3H2,1-2H3. The predicted molar refractivity (Wildman–Crippen MR) is 93.9 cm³/mol. The van der Waals surface area contributed by atoms with Crippen LogP contribution in [0.15, 0.2) is 35.6 Å².